The highest BCUT2D eigenvalue weighted by molar-refractivity contribution is 6.29. The summed E-state index contributed by atoms with van der Waals surface area (Å²) >= 11 is 5.62. The van der Waals surface area contributed by atoms with E-state index in [-0.39, 0.29) is 11.9 Å². The minimum atomic E-state index is -0.220. The normalized spacial score (nSPS) is 12.5. The van der Waals surface area contributed by atoms with Crippen molar-refractivity contribution < 1.29 is 4.39 Å². The molecule has 0 spiro atoms. The zero-order valence-electron chi connectivity index (χ0n) is 8.06. The van der Waals surface area contributed by atoms with E-state index in [1.165, 1.54) is 12.1 Å². The first-order chi connectivity index (χ1) is 6.59. The summed E-state index contributed by atoms with van der Waals surface area (Å²) < 4.78 is 12.6. The van der Waals surface area contributed by atoms with Crippen LogP contribution >= 0.6 is 11.6 Å². The number of nitrogens with one attached hydrogen (secondary N) is 1. The summed E-state index contributed by atoms with van der Waals surface area (Å²) in [4.78, 5) is 0. The molecular formula is C11H13ClFN. The van der Waals surface area contributed by atoms with E-state index < -0.39 is 0 Å². The zero-order valence-corrected chi connectivity index (χ0v) is 8.81. The Balaban J connectivity index is 2.56. The van der Waals surface area contributed by atoms with E-state index in [0.717, 1.165) is 5.56 Å². The highest BCUT2D eigenvalue weighted by Gasteiger charge is 2.04. The van der Waals surface area contributed by atoms with Crippen molar-refractivity contribution in [3.05, 3.63) is 47.3 Å². The molecule has 1 aromatic carbocycles. The Morgan fingerprint density at radius 1 is 1.50 bits per heavy atom. The number of benzene rings is 1. The van der Waals surface area contributed by atoms with Gasteiger partial charge in [-0.15, -0.1) is 0 Å². The van der Waals surface area contributed by atoms with E-state index in [0.29, 0.717) is 11.6 Å². The highest BCUT2D eigenvalue weighted by Crippen LogP contribution is 2.13. The lowest BCUT2D eigenvalue weighted by Gasteiger charge is -2.13. The second-order valence-electron chi connectivity index (χ2n) is 3.17. The van der Waals surface area contributed by atoms with Crippen LogP contribution in [0, 0.1) is 5.82 Å². The molecule has 0 saturated heterocycles. The molecule has 0 aliphatic carbocycles. The molecule has 0 aliphatic heterocycles. The molecule has 0 saturated carbocycles. The number of rotatable bonds is 4. The highest BCUT2D eigenvalue weighted by atomic mass is 35.5. The van der Waals surface area contributed by atoms with E-state index in [9.17, 15) is 4.39 Å². The molecule has 0 fully saturated rings. The zero-order chi connectivity index (χ0) is 10.6. The molecule has 1 nitrogen and oxygen atoms in total. The smallest absolute Gasteiger partial charge is 0.123 e. The standard InChI is InChI=1S/C11H13ClFN/c1-8(12)7-14-9(2)10-3-5-11(13)6-4-10/h3-6,9,14H,1,7H2,2H3. The topological polar surface area (TPSA) is 12.0 Å². The second kappa shape index (κ2) is 5.13. The maximum atomic E-state index is 12.6. The lowest BCUT2D eigenvalue weighted by Crippen LogP contribution is -2.19. The molecule has 0 aromatic heterocycles. The summed E-state index contributed by atoms with van der Waals surface area (Å²) in [5.41, 5.74) is 1.03. The summed E-state index contributed by atoms with van der Waals surface area (Å²) in [6, 6.07) is 6.55. The first-order valence-electron chi connectivity index (χ1n) is 4.41. The van der Waals surface area contributed by atoms with Crippen molar-refractivity contribution >= 4 is 11.6 Å². The molecule has 0 heterocycles. The van der Waals surface area contributed by atoms with Crippen molar-refractivity contribution in [2.75, 3.05) is 6.54 Å². The minimum Gasteiger partial charge on any atom is -0.305 e. The van der Waals surface area contributed by atoms with Crippen LogP contribution < -0.4 is 5.32 Å². The van der Waals surface area contributed by atoms with Gasteiger partial charge < -0.3 is 5.32 Å². The SMILES string of the molecule is C=C(Cl)CNC(C)c1ccc(F)cc1. The Kier molecular flexibility index (Phi) is 4.11. The second-order valence-corrected chi connectivity index (χ2v) is 3.71. The van der Waals surface area contributed by atoms with Crippen LogP contribution in [0.2, 0.25) is 0 Å². The Bertz CT molecular complexity index is 308. The molecule has 0 radical (unpaired) electrons. The van der Waals surface area contributed by atoms with Crippen LogP contribution in [0.3, 0.4) is 0 Å². The summed E-state index contributed by atoms with van der Waals surface area (Å²) in [5.74, 6) is -0.220. The maximum Gasteiger partial charge on any atom is 0.123 e. The van der Waals surface area contributed by atoms with Crippen LogP contribution in [-0.4, -0.2) is 6.54 Å². The predicted octanol–water partition coefficient (Wildman–Crippen LogP) is 3.23. The molecule has 0 amide bonds. The Morgan fingerprint density at radius 2 is 2.07 bits per heavy atom. The lowest BCUT2D eigenvalue weighted by molar-refractivity contribution is 0.604. The van der Waals surface area contributed by atoms with Crippen molar-refractivity contribution in [1.82, 2.24) is 5.32 Å². The molecule has 1 aromatic rings. The lowest BCUT2D eigenvalue weighted by atomic mass is 10.1. The number of halogens is 2. The average Bonchev–Trinajstić information content (AvgIpc) is 2.15. The van der Waals surface area contributed by atoms with Crippen LogP contribution in [0.4, 0.5) is 4.39 Å². The van der Waals surface area contributed by atoms with E-state index in [1.54, 1.807) is 12.1 Å². The Hall–Kier alpha value is -0.860. The molecule has 0 aliphatic rings. The third-order valence-corrected chi connectivity index (χ3v) is 2.10. The van der Waals surface area contributed by atoms with Gasteiger partial charge in [0.05, 0.1) is 0 Å². The van der Waals surface area contributed by atoms with Gasteiger partial charge in [0.1, 0.15) is 5.82 Å². The summed E-state index contributed by atoms with van der Waals surface area (Å²) in [7, 11) is 0. The number of hydrogen-bond acceptors (Lipinski definition) is 1. The molecule has 14 heavy (non-hydrogen) atoms. The molecule has 76 valence electrons. The van der Waals surface area contributed by atoms with Crippen molar-refractivity contribution in [2.45, 2.75) is 13.0 Å². The van der Waals surface area contributed by atoms with Crippen molar-refractivity contribution in [2.24, 2.45) is 0 Å². The van der Waals surface area contributed by atoms with Crippen LogP contribution in [0.15, 0.2) is 35.9 Å². The van der Waals surface area contributed by atoms with Crippen LogP contribution in [0.5, 0.6) is 0 Å². The van der Waals surface area contributed by atoms with Crippen molar-refractivity contribution in [3.8, 4) is 0 Å². The van der Waals surface area contributed by atoms with Gasteiger partial charge in [0.2, 0.25) is 0 Å². The molecule has 1 unspecified atom stereocenters. The maximum absolute atomic E-state index is 12.6. The largest absolute Gasteiger partial charge is 0.305 e. The van der Waals surface area contributed by atoms with E-state index in [1.807, 2.05) is 6.92 Å². The quantitative estimate of drug-likeness (QED) is 0.810. The van der Waals surface area contributed by atoms with Gasteiger partial charge in [0.15, 0.2) is 0 Å². The van der Waals surface area contributed by atoms with Gasteiger partial charge in [-0.2, -0.15) is 0 Å². The van der Waals surface area contributed by atoms with Gasteiger partial charge in [-0.1, -0.05) is 30.3 Å². The molecule has 1 N–H and O–H groups in total. The first-order valence-corrected chi connectivity index (χ1v) is 4.79. The van der Waals surface area contributed by atoms with E-state index in [2.05, 4.69) is 11.9 Å². The summed E-state index contributed by atoms with van der Waals surface area (Å²) in [5, 5.41) is 3.73. The van der Waals surface area contributed by atoms with E-state index >= 15 is 0 Å². The first kappa shape index (κ1) is 11.2. The van der Waals surface area contributed by atoms with Crippen molar-refractivity contribution in [1.29, 1.82) is 0 Å². The van der Waals surface area contributed by atoms with Gasteiger partial charge in [-0.3, -0.25) is 0 Å². The van der Waals surface area contributed by atoms with Crippen LogP contribution in [-0.2, 0) is 0 Å². The van der Waals surface area contributed by atoms with Crippen LogP contribution in [0.1, 0.15) is 18.5 Å². The Morgan fingerprint density at radius 3 is 2.57 bits per heavy atom. The minimum absolute atomic E-state index is 0.145. The molecule has 1 rings (SSSR count). The summed E-state index contributed by atoms with van der Waals surface area (Å²) in [6.07, 6.45) is 0. The molecular weight excluding hydrogens is 201 g/mol. The monoisotopic (exact) mass is 213 g/mol. The van der Waals surface area contributed by atoms with Gasteiger partial charge >= 0.3 is 0 Å². The summed E-state index contributed by atoms with van der Waals surface area (Å²) in [6.45, 7) is 6.13. The van der Waals surface area contributed by atoms with Gasteiger partial charge in [-0.05, 0) is 24.6 Å². The van der Waals surface area contributed by atoms with Crippen molar-refractivity contribution in [3.63, 3.8) is 0 Å². The number of hydrogen-bond donors (Lipinski definition) is 1. The van der Waals surface area contributed by atoms with E-state index in [4.69, 9.17) is 11.6 Å². The third-order valence-electron chi connectivity index (χ3n) is 1.97. The van der Waals surface area contributed by atoms with Gasteiger partial charge in [0, 0.05) is 17.6 Å². The molecule has 3 heteroatoms. The third kappa shape index (κ3) is 3.48. The van der Waals surface area contributed by atoms with Gasteiger partial charge in [-0.25, -0.2) is 4.39 Å². The fourth-order valence-electron chi connectivity index (χ4n) is 1.13. The Labute approximate surface area is 88.6 Å². The fraction of sp³-hybridized carbons (Fsp3) is 0.273. The van der Waals surface area contributed by atoms with Gasteiger partial charge in [0.25, 0.3) is 0 Å². The predicted molar refractivity (Wildman–Crippen MR) is 57.8 cm³/mol. The van der Waals surface area contributed by atoms with Crippen LogP contribution in [0.25, 0.3) is 0 Å². The molecule has 0 bridgehead atoms. The molecule has 1 atom stereocenters. The average molecular weight is 214 g/mol. The fourth-order valence-corrected chi connectivity index (χ4v) is 1.21.